The van der Waals surface area contributed by atoms with E-state index in [2.05, 4.69) is 574 Å². The van der Waals surface area contributed by atoms with Gasteiger partial charge in [0.25, 0.3) is 0 Å². The maximum Gasteiger partial charge on any atom is 0.143 e. The smallest absolute Gasteiger partial charge is 0.143 e. The fourth-order valence-electron chi connectivity index (χ4n) is 23.2. The molecule has 149 heavy (non-hydrogen) atoms. The molecule has 0 aliphatic heterocycles. The molecule has 9 nitrogen and oxygen atoms in total. The number of rotatable bonds is 14. The van der Waals surface area contributed by atoms with E-state index in [1.54, 1.807) is 0 Å². The van der Waals surface area contributed by atoms with Gasteiger partial charge in [-0.05, 0) is 249 Å². The molecule has 0 fully saturated rings. The van der Waals surface area contributed by atoms with Gasteiger partial charge in [-0.3, -0.25) is 0 Å². The van der Waals surface area contributed by atoms with Gasteiger partial charge in [-0.25, -0.2) is 0 Å². The van der Waals surface area contributed by atoms with Gasteiger partial charge in [0.1, 0.15) is 33.5 Å². The first-order chi connectivity index (χ1) is 73.9. The van der Waals surface area contributed by atoms with Crippen LogP contribution in [0.4, 0.5) is 51.2 Å². The van der Waals surface area contributed by atoms with Crippen molar-refractivity contribution in [3.05, 3.63) is 546 Å². The first kappa shape index (κ1) is 85.7. The van der Waals surface area contributed by atoms with Gasteiger partial charge >= 0.3 is 0 Å². The monoisotopic (exact) mass is 1900 g/mol. The lowest BCUT2D eigenvalue weighted by atomic mass is 10.0. The Morgan fingerprint density at radius 3 is 0.752 bits per heavy atom. The Labute approximate surface area is 857 Å². The van der Waals surface area contributed by atoms with Crippen LogP contribution in [0, 0.1) is 0 Å². The van der Waals surface area contributed by atoms with Crippen LogP contribution in [-0.2, 0) is 0 Å². The van der Waals surface area contributed by atoms with Crippen molar-refractivity contribution in [1.82, 2.24) is 13.7 Å². The van der Waals surface area contributed by atoms with Crippen molar-refractivity contribution < 1.29 is 13.3 Å². The lowest BCUT2D eigenvalue weighted by Crippen LogP contribution is -2.11. The second-order valence-corrected chi connectivity index (χ2v) is 38.5. The fraction of sp³-hybridized carbons (Fsp3) is 0. The molecule has 698 valence electrons. The van der Waals surface area contributed by atoms with Gasteiger partial charge in [-0.2, -0.15) is 0 Å². The third-order valence-electron chi connectivity index (χ3n) is 30.1. The van der Waals surface area contributed by atoms with E-state index in [1.165, 1.54) is 125 Å². The van der Waals surface area contributed by atoms with Crippen molar-refractivity contribution >= 4 is 236 Å². The lowest BCUT2D eigenvalue weighted by molar-refractivity contribution is 0.672. The van der Waals surface area contributed by atoms with Crippen LogP contribution in [0.5, 0.6) is 0 Å². The van der Waals surface area contributed by atoms with E-state index < -0.39 is 0 Å². The van der Waals surface area contributed by atoms with Crippen molar-refractivity contribution in [1.29, 1.82) is 0 Å². The molecule has 0 aliphatic carbocycles. The van der Waals surface area contributed by atoms with Gasteiger partial charge in [0, 0.05) is 148 Å². The van der Waals surface area contributed by atoms with E-state index >= 15 is 0 Å². The van der Waals surface area contributed by atoms with Crippen LogP contribution in [0.15, 0.2) is 559 Å². The highest BCUT2D eigenvalue weighted by molar-refractivity contribution is 6.21. The largest absolute Gasteiger partial charge is 0.455 e. The average molecular weight is 1900 g/mol. The molecule has 6 heterocycles. The van der Waals surface area contributed by atoms with Crippen LogP contribution in [0.2, 0.25) is 0 Å². The summed E-state index contributed by atoms with van der Waals surface area (Å²) in [4.78, 5) is 7.10. The van der Waals surface area contributed by atoms with E-state index in [-0.39, 0.29) is 0 Å². The van der Waals surface area contributed by atoms with E-state index in [1.807, 2.05) is 0 Å². The molecule has 0 radical (unpaired) electrons. The Balaban J connectivity index is 0.000000105. The molecule has 0 aliphatic rings. The zero-order valence-corrected chi connectivity index (χ0v) is 80.9. The summed E-state index contributed by atoms with van der Waals surface area (Å²) < 4.78 is 26.6. The number of benzene rings is 25. The molecule has 0 N–H and O–H groups in total. The Morgan fingerprint density at radius 2 is 0.383 bits per heavy atom. The summed E-state index contributed by atoms with van der Waals surface area (Å²) in [5, 5.41) is 26.0. The minimum atomic E-state index is 0.885. The van der Waals surface area contributed by atoms with E-state index in [0.29, 0.717) is 0 Å². The summed E-state index contributed by atoms with van der Waals surface area (Å²) >= 11 is 0. The molecule has 0 unspecified atom stereocenters. The summed E-state index contributed by atoms with van der Waals surface area (Å²) in [5.74, 6) is 0. The molecule has 0 amide bonds. The molecule has 0 saturated heterocycles. The molecule has 9 heteroatoms. The minimum Gasteiger partial charge on any atom is -0.455 e. The molecule has 0 saturated carbocycles. The number of fused-ring (bicyclic) bond motifs is 26. The van der Waals surface area contributed by atoms with Crippen LogP contribution in [-0.4, -0.2) is 13.7 Å². The second-order valence-electron chi connectivity index (χ2n) is 38.5. The molecule has 25 aromatic carbocycles. The third kappa shape index (κ3) is 14.6. The quantitative estimate of drug-likeness (QED) is 0.108. The third-order valence-corrected chi connectivity index (χ3v) is 30.1. The molecule has 6 aromatic heterocycles. The first-order valence-electron chi connectivity index (χ1n) is 50.8. The number of hydrogen-bond donors (Lipinski definition) is 0. The summed E-state index contributed by atoms with van der Waals surface area (Å²) in [6, 6.07) is 196. The van der Waals surface area contributed by atoms with Gasteiger partial charge in [0.15, 0.2) is 0 Å². The molecule has 0 spiro atoms. The van der Waals surface area contributed by atoms with Crippen molar-refractivity contribution in [3.8, 4) is 39.3 Å². The number of anilines is 9. The second kappa shape index (κ2) is 35.5. The van der Waals surface area contributed by atoms with Crippen molar-refractivity contribution in [2.45, 2.75) is 0 Å². The number of furan rings is 3. The van der Waals surface area contributed by atoms with Crippen LogP contribution in [0.3, 0.4) is 0 Å². The lowest BCUT2D eigenvalue weighted by Gasteiger charge is -2.27. The topological polar surface area (TPSA) is 63.9 Å². The standard InChI is InChI=1S/C50H32N2O.C46H30N2O.C44H28N2O/c1-3-13-40-35(10-1)12-9-19-46(40)51(39-29-31-49-45(32-39)44-30-24-36-11-2-4-14-41(36)50(44)53-49)37-25-20-33(21-26-37)34-22-27-38(28-23-34)52-47-17-7-5-15-42(47)43-16-6-8-18-48(43)52;1-2-10-31(11-3-1)32-18-21-34(22-19-32)47(37-27-29-45-42(30-37)41-28-20-33-12-4-5-13-38(33)46(41)49-45)35-23-25-36(26-24-35)48-43-16-8-6-14-39(43)40-15-7-9-17-44(40)48;1-3-16-34-29(11-1)13-9-22-40(34)45(33-24-26-43-39(28-33)38-25-23-30-12-2-4-17-35(30)44(38)47-43)31-14-10-15-32(27-31)46-41-20-7-5-18-36(41)37-19-6-8-21-42(37)46/h1-32H;1-30H;1-28H. The van der Waals surface area contributed by atoms with Gasteiger partial charge in [-0.1, -0.05) is 346 Å². The van der Waals surface area contributed by atoms with E-state index in [4.69, 9.17) is 13.3 Å². The highest BCUT2D eigenvalue weighted by Gasteiger charge is 2.26. The van der Waals surface area contributed by atoms with Crippen LogP contribution in [0.1, 0.15) is 0 Å². The molecule has 0 bridgehead atoms. The summed E-state index contributed by atoms with van der Waals surface area (Å²) in [6.45, 7) is 0. The Hall–Kier alpha value is -20.0. The highest BCUT2D eigenvalue weighted by atomic mass is 16.3. The Morgan fingerprint density at radius 1 is 0.134 bits per heavy atom. The maximum absolute atomic E-state index is 6.51. The van der Waals surface area contributed by atoms with E-state index in [9.17, 15) is 0 Å². The number of aromatic nitrogens is 3. The summed E-state index contributed by atoms with van der Waals surface area (Å²) in [7, 11) is 0. The van der Waals surface area contributed by atoms with Gasteiger partial charge < -0.3 is 41.7 Å². The Kier molecular flexibility index (Phi) is 20.5. The van der Waals surface area contributed by atoms with Gasteiger partial charge in [0.05, 0.1) is 44.5 Å². The van der Waals surface area contributed by atoms with Gasteiger partial charge in [-0.15, -0.1) is 0 Å². The van der Waals surface area contributed by atoms with Crippen molar-refractivity contribution in [3.63, 3.8) is 0 Å². The highest BCUT2D eigenvalue weighted by Crippen LogP contribution is 2.50. The van der Waals surface area contributed by atoms with Crippen LogP contribution >= 0.6 is 0 Å². The van der Waals surface area contributed by atoms with Crippen molar-refractivity contribution in [2.24, 2.45) is 0 Å². The molecule has 0 atom stereocenters. The van der Waals surface area contributed by atoms with Crippen LogP contribution in [0.25, 0.3) is 224 Å². The molecular weight excluding hydrogens is 1810 g/mol. The van der Waals surface area contributed by atoms with E-state index in [0.717, 1.165) is 150 Å². The first-order valence-corrected chi connectivity index (χ1v) is 50.8. The average Bonchev–Trinajstić information content (AvgIpc) is 1.65. The summed E-state index contributed by atoms with van der Waals surface area (Å²) in [5.41, 5.74) is 30.6. The molecule has 31 aromatic rings. The molecule has 31 rings (SSSR count). The predicted octanol–water partition coefficient (Wildman–Crippen LogP) is 39.6. The Bertz CT molecular complexity index is 10600. The van der Waals surface area contributed by atoms with Crippen molar-refractivity contribution in [2.75, 3.05) is 14.7 Å². The van der Waals surface area contributed by atoms with Crippen LogP contribution < -0.4 is 14.7 Å². The van der Waals surface area contributed by atoms with Gasteiger partial charge in [0.2, 0.25) is 0 Å². The SMILES string of the molecule is c1cc(N(c2ccc3oc4c5ccccc5ccc4c3c2)c2cccc3ccccc23)cc(-n2c3ccccc3c3ccccc32)c1.c1ccc(-c2ccc(N(c3ccc(-n4c5ccccc5c5ccccc54)cc3)c3ccc4oc5c6ccccc6ccc5c4c3)cc2)cc1.c1ccc2c(N(c3ccc(-c4ccc(-n5c6ccccc6c6ccccc65)cc4)cc3)c3ccc4oc5c6ccccc6ccc5c4c3)cccc2c1. The normalized spacial score (nSPS) is 11.8. The minimum absolute atomic E-state index is 0.885. The zero-order valence-electron chi connectivity index (χ0n) is 80.9. The number of hydrogen-bond acceptors (Lipinski definition) is 6. The number of nitrogens with zero attached hydrogens (tertiary/aromatic N) is 6. The molecular formula is C140H90N6O3. The summed E-state index contributed by atoms with van der Waals surface area (Å²) in [6.07, 6.45) is 0. The zero-order chi connectivity index (χ0) is 98.1. The predicted molar refractivity (Wildman–Crippen MR) is 627 cm³/mol. The maximum atomic E-state index is 6.51. The fourth-order valence-corrected chi connectivity index (χ4v) is 23.2. The number of para-hydroxylation sites is 6.